The molecule has 20 heavy (non-hydrogen) atoms. The number of anilines is 1. The molecule has 1 fully saturated rings. The normalized spacial score (nSPS) is 16.5. The predicted molar refractivity (Wildman–Crippen MR) is 80.4 cm³/mol. The third kappa shape index (κ3) is 3.93. The van der Waals surface area contributed by atoms with Crippen LogP contribution in [-0.4, -0.2) is 23.4 Å². The highest BCUT2D eigenvalue weighted by molar-refractivity contribution is 5.59. The van der Waals surface area contributed by atoms with Gasteiger partial charge in [-0.2, -0.15) is 0 Å². The van der Waals surface area contributed by atoms with Crippen molar-refractivity contribution in [3.8, 4) is 0 Å². The molecule has 0 unspecified atom stereocenters. The highest BCUT2D eigenvalue weighted by Gasteiger charge is 2.17. The number of nitro groups is 1. The maximum absolute atomic E-state index is 10.9. The number of benzene rings is 1. The maximum Gasteiger partial charge on any atom is 0.292 e. The molecule has 1 aliphatic rings. The Bertz CT molecular complexity index is 470. The fourth-order valence-corrected chi connectivity index (χ4v) is 3.03. The maximum atomic E-state index is 10.9. The third-order valence-electron chi connectivity index (χ3n) is 4.04. The summed E-state index contributed by atoms with van der Waals surface area (Å²) in [6, 6.07) is 5.09. The number of hydrogen-bond donors (Lipinski definition) is 1. The van der Waals surface area contributed by atoms with E-state index in [1.54, 1.807) is 12.1 Å². The number of rotatable bonds is 5. The van der Waals surface area contributed by atoms with E-state index >= 15 is 0 Å². The van der Waals surface area contributed by atoms with E-state index in [0.29, 0.717) is 0 Å². The Labute approximate surface area is 119 Å². The van der Waals surface area contributed by atoms with Crippen LogP contribution in [0, 0.1) is 16.0 Å². The zero-order valence-corrected chi connectivity index (χ0v) is 12.0. The van der Waals surface area contributed by atoms with Crippen LogP contribution in [0.1, 0.15) is 37.7 Å². The van der Waals surface area contributed by atoms with E-state index in [1.807, 2.05) is 6.07 Å². The smallest absolute Gasteiger partial charge is 0.292 e. The molecule has 5 heteroatoms. The molecule has 0 bridgehead atoms. The molecule has 110 valence electrons. The van der Waals surface area contributed by atoms with Crippen molar-refractivity contribution in [2.45, 2.75) is 38.6 Å². The van der Waals surface area contributed by atoms with Crippen LogP contribution < -0.4 is 5.73 Å². The van der Waals surface area contributed by atoms with Crippen molar-refractivity contribution in [3.05, 3.63) is 33.9 Å². The Morgan fingerprint density at radius 1 is 1.35 bits per heavy atom. The van der Waals surface area contributed by atoms with Crippen molar-refractivity contribution in [1.29, 1.82) is 0 Å². The first-order chi connectivity index (χ1) is 9.56. The van der Waals surface area contributed by atoms with Gasteiger partial charge in [0.2, 0.25) is 0 Å². The van der Waals surface area contributed by atoms with E-state index in [0.717, 1.165) is 24.6 Å². The van der Waals surface area contributed by atoms with Gasteiger partial charge in [-0.15, -0.1) is 0 Å². The van der Waals surface area contributed by atoms with E-state index in [4.69, 9.17) is 5.73 Å². The Kier molecular flexibility index (Phi) is 4.95. The minimum Gasteiger partial charge on any atom is -0.393 e. The summed E-state index contributed by atoms with van der Waals surface area (Å²) in [6.07, 6.45) is 6.67. The second kappa shape index (κ2) is 6.70. The highest BCUT2D eigenvalue weighted by atomic mass is 16.6. The number of nitrogens with zero attached hydrogens (tertiary/aromatic N) is 2. The summed E-state index contributed by atoms with van der Waals surface area (Å²) < 4.78 is 0. The molecule has 5 nitrogen and oxygen atoms in total. The number of hydrogen-bond acceptors (Lipinski definition) is 4. The molecular weight excluding hydrogens is 254 g/mol. The number of nitrogens with two attached hydrogens (primary N) is 1. The molecule has 1 aliphatic carbocycles. The zero-order chi connectivity index (χ0) is 14.5. The standard InChI is InChI=1S/C15H23N3O2/c1-17(10-12-5-3-2-4-6-12)11-13-7-8-14(16)15(9-13)18(19)20/h7-9,12H,2-6,10-11,16H2,1H3. The molecule has 0 heterocycles. The zero-order valence-electron chi connectivity index (χ0n) is 12.0. The molecule has 2 rings (SSSR count). The van der Waals surface area contributed by atoms with Gasteiger partial charge in [0, 0.05) is 19.2 Å². The van der Waals surface area contributed by atoms with Crippen molar-refractivity contribution in [2.75, 3.05) is 19.3 Å². The van der Waals surface area contributed by atoms with Crippen molar-refractivity contribution in [3.63, 3.8) is 0 Å². The van der Waals surface area contributed by atoms with Gasteiger partial charge in [0.15, 0.2) is 0 Å². The predicted octanol–water partition coefficient (Wildman–Crippen LogP) is 3.19. The molecule has 0 aromatic heterocycles. The Balaban J connectivity index is 1.95. The van der Waals surface area contributed by atoms with Gasteiger partial charge in [-0.25, -0.2) is 0 Å². The van der Waals surface area contributed by atoms with Crippen LogP contribution >= 0.6 is 0 Å². The van der Waals surface area contributed by atoms with Gasteiger partial charge in [-0.3, -0.25) is 10.1 Å². The average Bonchev–Trinajstić information content (AvgIpc) is 2.41. The van der Waals surface area contributed by atoms with Crippen LogP contribution in [0.3, 0.4) is 0 Å². The summed E-state index contributed by atoms with van der Waals surface area (Å²) in [5, 5.41) is 10.9. The van der Waals surface area contributed by atoms with Gasteiger partial charge < -0.3 is 10.6 Å². The summed E-state index contributed by atoms with van der Waals surface area (Å²) in [6.45, 7) is 1.80. The molecule has 0 radical (unpaired) electrons. The minimum atomic E-state index is -0.417. The monoisotopic (exact) mass is 277 g/mol. The Morgan fingerprint density at radius 3 is 2.70 bits per heavy atom. The molecule has 1 aromatic rings. The van der Waals surface area contributed by atoms with Gasteiger partial charge in [-0.05, 0) is 37.4 Å². The van der Waals surface area contributed by atoms with E-state index in [1.165, 1.54) is 32.1 Å². The second-order valence-electron chi connectivity index (χ2n) is 5.85. The summed E-state index contributed by atoms with van der Waals surface area (Å²) in [5.41, 5.74) is 6.80. The first-order valence-corrected chi connectivity index (χ1v) is 7.27. The van der Waals surface area contributed by atoms with Crippen molar-refractivity contribution < 1.29 is 4.92 Å². The molecule has 0 spiro atoms. The lowest BCUT2D eigenvalue weighted by molar-refractivity contribution is -0.384. The highest BCUT2D eigenvalue weighted by Crippen LogP contribution is 2.26. The molecule has 0 amide bonds. The molecule has 0 saturated heterocycles. The van der Waals surface area contributed by atoms with Gasteiger partial charge in [0.05, 0.1) is 4.92 Å². The quantitative estimate of drug-likeness (QED) is 0.509. The molecule has 2 N–H and O–H groups in total. The Morgan fingerprint density at radius 2 is 2.05 bits per heavy atom. The number of nitrogen functional groups attached to an aromatic ring is 1. The first-order valence-electron chi connectivity index (χ1n) is 7.27. The van der Waals surface area contributed by atoms with E-state index in [-0.39, 0.29) is 11.4 Å². The SMILES string of the molecule is CN(Cc1ccc(N)c([N+](=O)[O-])c1)CC1CCCCC1. The molecule has 1 aromatic carbocycles. The van der Waals surface area contributed by atoms with Crippen LogP contribution in [0.2, 0.25) is 0 Å². The van der Waals surface area contributed by atoms with Crippen LogP contribution in [0.5, 0.6) is 0 Å². The number of nitro benzene ring substituents is 1. The largest absolute Gasteiger partial charge is 0.393 e. The van der Waals surface area contributed by atoms with E-state index < -0.39 is 4.92 Å². The average molecular weight is 277 g/mol. The lowest BCUT2D eigenvalue weighted by Gasteiger charge is -2.27. The van der Waals surface area contributed by atoms with Crippen LogP contribution in [0.4, 0.5) is 11.4 Å². The van der Waals surface area contributed by atoms with Gasteiger partial charge in [-0.1, -0.05) is 25.3 Å². The fraction of sp³-hybridized carbons (Fsp3) is 0.600. The van der Waals surface area contributed by atoms with Crippen LogP contribution in [0.25, 0.3) is 0 Å². The third-order valence-corrected chi connectivity index (χ3v) is 4.04. The van der Waals surface area contributed by atoms with Crippen molar-refractivity contribution in [2.24, 2.45) is 5.92 Å². The molecular formula is C15H23N3O2. The van der Waals surface area contributed by atoms with Crippen molar-refractivity contribution in [1.82, 2.24) is 4.90 Å². The van der Waals surface area contributed by atoms with Gasteiger partial charge in [0.25, 0.3) is 5.69 Å². The van der Waals surface area contributed by atoms with E-state index in [9.17, 15) is 10.1 Å². The lowest BCUT2D eigenvalue weighted by Crippen LogP contribution is -2.26. The molecule has 0 aliphatic heterocycles. The molecule has 0 atom stereocenters. The lowest BCUT2D eigenvalue weighted by atomic mass is 9.89. The summed E-state index contributed by atoms with van der Waals surface area (Å²) in [4.78, 5) is 12.7. The van der Waals surface area contributed by atoms with Crippen molar-refractivity contribution >= 4 is 11.4 Å². The van der Waals surface area contributed by atoms with Gasteiger partial charge >= 0.3 is 0 Å². The summed E-state index contributed by atoms with van der Waals surface area (Å²) in [7, 11) is 2.08. The van der Waals surface area contributed by atoms with E-state index in [2.05, 4.69) is 11.9 Å². The summed E-state index contributed by atoms with van der Waals surface area (Å²) >= 11 is 0. The van der Waals surface area contributed by atoms with Gasteiger partial charge in [0.1, 0.15) is 5.69 Å². The van der Waals surface area contributed by atoms with Crippen LogP contribution in [0.15, 0.2) is 18.2 Å². The minimum absolute atomic E-state index is 0.00793. The fourth-order valence-electron chi connectivity index (χ4n) is 3.03. The second-order valence-corrected chi connectivity index (χ2v) is 5.85. The Hall–Kier alpha value is -1.62. The first kappa shape index (κ1) is 14.8. The summed E-state index contributed by atoms with van der Waals surface area (Å²) in [5.74, 6) is 0.775. The van der Waals surface area contributed by atoms with Crippen LogP contribution in [-0.2, 0) is 6.54 Å². The topological polar surface area (TPSA) is 72.4 Å². The molecule has 1 saturated carbocycles.